The molecule has 0 aliphatic heterocycles. The topological polar surface area (TPSA) is 104 Å². The van der Waals surface area contributed by atoms with Gasteiger partial charge in [-0.05, 0) is 39.0 Å². The van der Waals surface area contributed by atoms with Crippen molar-refractivity contribution in [1.82, 2.24) is 24.8 Å². The molecule has 0 fully saturated rings. The van der Waals surface area contributed by atoms with Crippen LogP contribution in [0.4, 0.5) is 4.79 Å². The molecule has 1 amide bonds. The predicted octanol–water partition coefficient (Wildman–Crippen LogP) is 3.42. The minimum absolute atomic E-state index is 0.143. The maximum atomic E-state index is 12.1. The highest BCUT2D eigenvalue weighted by atomic mass is 35.5. The Kier molecular flexibility index (Phi) is 5.42. The van der Waals surface area contributed by atoms with Crippen LogP contribution in [0.3, 0.4) is 0 Å². The van der Waals surface area contributed by atoms with Gasteiger partial charge in [0, 0.05) is 18.8 Å². The molecular formula is C19H22ClN5O3. The first-order valence-electron chi connectivity index (χ1n) is 8.74. The van der Waals surface area contributed by atoms with Gasteiger partial charge in [-0.25, -0.2) is 14.8 Å². The van der Waals surface area contributed by atoms with Crippen molar-refractivity contribution in [3.05, 3.63) is 46.0 Å². The van der Waals surface area contributed by atoms with Gasteiger partial charge in [0.1, 0.15) is 11.3 Å². The number of hydrogen-bond donors (Lipinski definition) is 2. The second-order valence-electron chi connectivity index (χ2n) is 7.48. The summed E-state index contributed by atoms with van der Waals surface area (Å²) in [5.41, 5.74) is 2.50. The maximum absolute atomic E-state index is 12.1. The van der Waals surface area contributed by atoms with Gasteiger partial charge in [0.2, 0.25) is 0 Å². The van der Waals surface area contributed by atoms with E-state index >= 15 is 0 Å². The van der Waals surface area contributed by atoms with Gasteiger partial charge in [0.05, 0.1) is 29.2 Å². The number of H-pyrrole nitrogens is 2. The van der Waals surface area contributed by atoms with Crippen molar-refractivity contribution >= 4 is 28.7 Å². The van der Waals surface area contributed by atoms with E-state index in [0.29, 0.717) is 29.3 Å². The van der Waals surface area contributed by atoms with Crippen LogP contribution < -0.4 is 5.56 Å². The van der Waals surface area contributed by atoms with Crippen LogP contribution in [0.5, 0.6) is 0 Å². The number of aromatic amines is 2. The fourth-order valence-electron chi connectivity index (χ4n) is 2.64. The van der Waals surface area contributed by atoms with E-state index in [0.717, 1.165) is 11.2 Å². The number of aromatic nitrogens is 4. The first-order chi connectivity index (χ1) is 13.1. The average molecular weight is 404 g/mol. The summed E-state index contributed by atoms with van der Waals surface area (Å²) in [7, 11) is 1.67. The standard InChI is InChI=1S/C19H22ClN5O3/c1-19(2,3)28-18(27)25(4)10-12-7-15-13(21-12)5-6-14(23-15)17-22-11(9-20)8-16(26)24-17/h5-8,21H,9-10H2,1-4H3,(H,22,24,26). The molecule has 0 bridgehead atoms. The molecule has 0 spiro atoms. The van der Waals surface area contributed by atoms with Crippen molar-refractivity contribution in [2.75, 3.05) is 7.05 Å². The van der Waals surface area contributed by atoms with E-state index in [2.05, 4.69) is 19.9 Å². The number of fused-ring (bicyclic) bond motifs is 1. The number of nitrogens with one attached hydrogen (secondary N) is 2. The van der Waals surface area contributed by atoms with Crippen LogP contribution in [-0.2, 0) is 17.2 Å². The van der Waals surface area contributed by atoms with Gasteiger partial charge in [-0.2, -0.15) is 0 Å². The molecule has 28 heavy (non-hydrogen) atoms. The Labute approximate surface area is 166 Å². The van der Waals surface area contributed by atoms with Gasteiger partial charge in [0.15, 0.2) is 5.82 Å². The number of pyridine rings is 1. The molecule has 0 saturated carbocycles. The molecule has 0 unspecified atom stereocenters. The number of ether oxygens (including phenoxy) is 1. The Morgan fingerprint density at radius 2 is 1.96 bits per heavy atom. The van der Waals surface area contributed by atoms with E-state index in [1.807, 2.05) is 32.9 Å². The van der Waals surface area contributed by atoms with E-state index < -0.39 is 11.7 Å². The van der Waals surface area contributed by atoms with Crippen molar-refractivity contribution in [1.29, 1.82) is 0 Å². The first-order valence-corrected chi connectivity index (χ1v) is 9.27. The lowest BCUT2D eigenvalue weighted by atomic mass is 10.2. The van der Waals surface area contributed by atoms with E-state index in [9.17, 15) is 9.59 Å². The molecule has 2 N–H and O–H groups in total. The predicted molar refractivity (Wildman–Crippen MR) is 107 cm³/mol. The van der Waals surface area contributed by atoms with Gasteiger partial charge in [-0.15, -0.1) is 11.6 Å². The van der Waals surface area contributed by atoms with E-state index in [1.54, 1.807) is 13.1 Å². The Morgan fingerprint density at radius 1 is 1.21 bits per heavy atom. The summed E-state index contributed by atoms with van der Waals surface area (Å²) >= 11 is 5.79. The highest BCUT2D eigenvalue weighted by molar-refractivity contribution is 6.16. The van der Waals surface area contributed by atoms with Crippen LogP contribution in [-0.4, -0.2) is 43.6 Å². The maximum Gasteiger partial charge on any atom is 0.410 e. The number of carbonyl (C=O) groups is 1. The molecule has 0 radical (unpaired) electrons. The normalized spacial score (nSPS) is 11.6. The van der Waals surface area contributed by atoms with Crippen molar-refractivity contribution < 1.29 is 9.53 Å². The van der Waals surface area contributed by atoms with Gasteiger partial charge < -0.3 is 19.6 Å². The minimum atomic E-state index is -0.552. The quantitative estimate of drug-likeness (QED) is 0.649. The third-order valence-corrected chi connectivity index (χ3v) is 4.09. The highest BCUT2D eigenvalue weighted by Gasteiger charge is 2.20. The molecule has 0 aromatic carbocycles. The Hall–Kier alpha value is -2.87. The highest BCUT2D eigenvalue weighted by Crippen LogP contribution is 2.20. The molecule has 0 aliphatic carbocycles. The van der Waals surface area contributed by atoms with E-state index in [4.69, 9.17) is 16.3 Å². The van der Waals surface area contributed by atoms with Gasteiger partial charge in [0.25, 0.3) is 5.56 Å². The molecule has 3 heterocycles. The lowest BCUT2D eigenvalue weighted by Crippen LogP contribution is -2.33. The zero-order valence-electron chi connectivity index (χ0n) is 16.2. The zero-order valence-corrected chi connectivity index (χ0v) is 16.9. The van der Waals surface area contributed by atoms with Crippen LogP contribution in [0, 0.1) is 0 Å². The molecule has 3 rings (SSSR count). The molecule has 8 nitrogen and oxygen atoms in total. The Morgan fingerprint density at radius 3 is 2.64 bits per heavy atom. The molecule has 3 aromatic heterocycles. The number of alkyl halides is 1. The van der Waals surface area contributed by atoms with Crippen LogP contribution in [0.25, 0.3) is 22.6 Å². The summed E-state index contributed by atoms with van der Waals surface area (Å²) in [4.78, 5) is 40.1. The molecule has 0 atom stereocenters. The summed E-state index contributed by atoms with van der Waals surface area (Å²) in [5, 5.41) is 0. The molecular weight excluding hydrogens is 382 g/mol. The zero-order chi connectivity index (χ0) is 20.5. The minimum Gasteiger partial charge on any atom is -0.444 e. The molecule has 3 aromatic rings. The monoisotopic (exact) mass is 403 g/mol. The molecule has 0 aliphatic rings. The van der Waals surface area contributed by atoms with Gasteiger partial charge in [-0.1, -0.05) is 0 Å². The number of hydrogen-bond acceptors (Lipinski definition) is 5. The van der Waals surface area contributed by atoms with Gasteiger partial charge in [-0.3, -0.25) is 4.79 Å². The van der Waals surface area contributed by atoms with Crippen LogP contribution in [0.1, 0.15) is 32.2 Å². The number of halogens is 1. The number of rotatable bonds is 4. The summed E-state index contributed by atoms with van der Waals surface area (Å²) < 4.78 is 5.36. The Balaban J connectivity index is 1.84. The van der Waals surface area contributed by atoms with Crippen molar-refractivity contribution in [2.24, 2.45) is 0 Å². The first kappa shape index (κ1) is 19.9. The van der Waals surface area contributed by atoms with Crippen molar-refractivity contribution in [3.63, 3.8) is 0 Å². The average Bonchev–Trinajstić information content (AvgIpc) is 3.00. The third kappa shape index (κ3) is 4.69. The van der Waals surface area contributed by atoms with Gasteiger partial charge >= 0.3 is 6.09 Å². The fourth-order valence-corrected chi connectivity index (χ4v) is 2.78. The van der Waals surface area contributed by atoms with Crippen molar-refractivity contribution in [3.8, 4) is 11.5 Å². The van der Waals surface area contributed by atoms with E-state index in [-0.39, 0.29) is 11.4 Å². The van der Waals surface area contributed by atoms with Crippen LogP contribution in [0.2, 0.25) is 0 Å². The lowest BCUT2D eigenvalue weighted by molar-refractivity contribution is 0.0283. The lowest BCUT2D eigenvalue weighted by Gasteiger charge is -2.24. The fraction of sp³-hybridized carbons (Fsp3) is 0.368. The summed E-state index contributed by atoms with van der Waals surface area (Å²) in [6.07, 6.45) is -0.403. The molecule has 0 saturated heterocycles. The second kappa shape index (κ2) is 7.63. The smallest absolute Gasteiger partial charge is 0.410 e. The largest absolute Gasteiger partial charge is 0.444 e. The van der Waals surface area contributed by atoms with E-state index in [1.165, 1.54) is 11.0 Å². The third-order valence-electron chi connectivity index (χ3n) is 3.82. The number of carbonyl (C=O) groups excluding carboxylic acids is 1. The number of amides is 1. The Bertz CT molecular complexity index is 1070. The summed E-state index contributed by atoms with van der Waals surface area (Å²) in [6.45, 7) is 5.82. The van der Waals surface area contributed by atoms with Crippen LogP contribution >= 0.6 is 11.6 Å². The molecule has 9 heteroatoms. The van der Waals surface area contributed by atoms with Crippen molar-refractivity contribution in [2.45, 2.75) is 38.8 Å². The molecule has 148 valence electrons. The second-order valence-corrected chi connectivity index (χ2v) is 7.75. The SMILES string of the molecule is CN(Cc1cc2nc(-c3nc(CCl)cc(=O)[nH]3)ccc2[nH]1)C(=O)OC(C)(C)C. The number of nitrogens with zero attached hydrogens (tertiary/aromatic N) is 3. The summed E-state index contributed by atoms with van der Waals surface area (Å²) in [5.74, 6) is 0.503. The van der Waals surface area contributed by atoms with Crippen LogP contribution in [0.15, 0.2) is 29.1 Å². The summed E-state index contributed by atoms with van der Waals surface area (Å²) in [6, 6.07) is 6.82.